The molecule has 1 aromatic carbocycles. The van der Waals surface area contributed by atoms with Gasteiger partial charge < -0.3 is 10.6 Å². The van der Waals surface area contributed by atoms with Crippen molar-refractivity contribution in [2.24, 2.45) is 5.92 Å². The van der Waals surface area contributed by atoms with Crippen molar-refractivity contribution >= 4 is 29.2 Å². The highest BCUT2D eigenvalue weighted by molar-refractivity contribution is 6.04. The quantitative estimate of drug-likeness (QED) is 0.785. The summed E-state index contributed by atoms with van der Waals surface area (Å²) in [4.78, 5) is 12.3. The minimum absolute atomic E-state index is 0. The Morgan fingerprint density at radius 1 is 1.30 bits per heavy atom. The van der Waals surface area contributed by atoms with Gasteiger partial charge in [-0.2, -0.15) is 5.10 Å². The molecule has 5 nitrogen and oxygen atoms in total. The Labute approximate surface area is 122 Å². The zero-order valence-electron chi connectivity index (χ0n) is 10.9. The standard InChI is InChI=1S/C14H16N4O.ClH/c19-14(16-12-6-9-5-8(12)7-15-9)13-10-3-1-2-4-11(10)17-18-13;/h1-4,8-9,12,15H,5-7H2,(H,16,19)(H,17,18);1H. The second kappa shape index (κ2) is 5.07. The Morgan fingerprint density at radius 3 is 2.90 bits per heavy atom. The van der Waals surface area contributed by atoms with Gasteiger partial charge in [-0.15, -0.1) is 12.4 Å². The van der Waals surface area contributed by atoms with Crippen molar-refractivity contribution in [3.8, 4) is 0 Å². The predicted octanol–water partition coefficient (Wildman–Crippen LogP) is 1.46. The maximum Gasteiger partial charge on any atom is 0.272 e. The number of amides is 1. The van der Waals surface area contributed by atoms with Crippen molar-refractivity contribution < 1.29 is 4.79 Å². The van der Waals surface area contributed by atoms with Crippen LogP contribution in [0.15, 0.2) is 24.3 Å². The monoisotopic (exact) mass is 292 g/mol. The van der Waals surface area contributed by atoms with Crippen LogP contribution in [0.5, 0.6) is 0 Å². The van der Waals surface area contributed by atoms with Crippen LogP contribution in [-0.2, 0) is 0 Å². The number of carbonyl (C=O) groups excluding carboxylic acids is 1. The molecule has 20 heavy (non-hydrogen) atoms. The third-order valence-electron chi connectivity index (χ3n) is 4.37. The number of fused-ring (bicyclic) bond motifs is 3. The Kier molecular flexibility index (Phi) is 3.40. The molecule has 0 radical (unpaired) electrons. The van der Waals surface area contributed by atoms with Gasteiger partial charge in [0, 0.05) is 24.0 Å². The SMILES string of the molecule is Cl.O=C(NC1CC2CC1CN2)c1n[nH]c2ccccc12. The second-order valence-corrected chi connectivity index (χ2v) is 5.53. The molecule has 0 spiro atoms. The number of aromatic nitrogens is 2. The molecule has 6 heteroatoms. The van der Waals surface area contributed by atoms with Crippen LogP contribution in [0.1, 0.15) is 23.3 Å². The van der Waals surface area contributed by atoms with Gasteiger partial charge in [0.1, 0.15) is 0 Å². The van der Waals surface area contributed by atoms with E-state index in [2.05, 4.69) is 20.8 Å². The van der Waals surface area contributed by atoms with Crippen LogP contribution in [0, 0.1) is 5.92 Å². The van der Waals surface area contributed by atoms with Gasteiger partial charge in [0.05, 0.1) is 5.52 Å². The van der Waals surface area contributed by atoms with E-state index in [1.54, 1.807) is 0 Å². The molecule has 106 valence electrons. The summed E-state index contributed by atoms with van der Waals surface area (Å²) in [6, 6.07) is 8.61. The van der Waals surface area contributed by atoms with Gasteiger partial charge in [-0.3, -0.25) is 9.89 Å². The predicted molar refractivity (Wildman–Crippen MR) is 79.1 cm³/mol. The van der Waals surface area contributed by atoms with Crippen molar-refractivity contribution in [3.63, 3.8) is 0 Å². The smallest absolute Gasteiger partial charge is 0.272 e. The lowest BCUT2D eigenvalue weighted by Crippen LogP contribution is -2.44. The van der Waals surface area contributed by atoms with Crippen molar-refractivity contribution in [1.82, 2.24) is 20.8 Å². The number of hydrogen-bond acceptors (Lipinski definition) is 3. The van der Waals surface area contributed by atoms with Gasteiger partial charge in [-0.1, -0.05) is 18.2 Å². The average molecular weight is 293 g/mol. The number of halogens is 1. The molecule has 1 aliphatic heterocycles. The van der Waals surface area contributed by atoms with Crippen molar-refractivity contribution in [1.29, 1.82) is 0 Å². The lowest BCUT2D eigenvalue weighted by Gasteiger charge is -2.23. The number of aromatic amines is 1. The fraction of sp³-hybridized carbons (Fsp3) is 0.429. The zero-order valence-corrected chi connectivity index (χ0v) is 11.7. The van der Waals surface area contributed by atoms with Gasteiger partial charge in [0.25, 0.3) is 5.91 Å². The van der Waals surface area contributed by atoms with Gasteiger partial charge in [-0.05, 0) is 24.8 Å². The van der Waals surface area contributed by atoms with E-state index in [1.165, 1.54) is 6.42 Å². The van der Waals surface area contributed by atoms with Gasteiger partial charge in [-0.25, -0.2) is 0 Å². The molecule has 4 rings (SSSR count). The van der Waals surface area contributed by atoms with Crippen LogP contribution in [0.25, 0.3) is 10.9 Å². The van der Waals surface area contributed by atoms with E-state index in [1.807, 2.05) is 24.3 Å². The third-order valence-corrected chi connectivity index (χ3v) is 4.37. The second-order valence-electron chi connectivity index (χ2n) is 5.53. The Bertz CT molecular complexity index is 641. The van der Waals surface area contributed by atoms with E-state index in [9.17, 15) is 4.79 Å². The number of H-pyrrole nitrogens is 1. The number of para-hydroxylation sites is 1. The summed E-state index contributed by atoms with van der Waals surface area (Å²) >= 11 is 0. The largest absolute Gasteiger partial charge is 0.348 e. The number of rotatable bonds is 2. The first-order valence-corrected chi connectivity index (χ1v) is 6.78. The summed E-state index contributed by atoms with van der Waals surface area (Å²) in [6.45, 7) is 1.02. The zero-order chi connectivity index (χ0) is 12.8. The molecule has 3 N–H and O–H groups in total. The van der Waals surface area contributed by atoms with Crippen molar-refractivity contribution in [2.75, 3.05) is 6.54 Å². The molecule has 1 saturated heterocycles. The molecule has 1 aromatic heterocycles. The molecule has 1 aliphatic carbocycles. The molecular weight excluding hydrogens is 276 g/mol. The highest BCUT2D eigenvalue weighted by atomic mass is 35.5. The number of hydrogen-bond donors (Lipinski definition) is 3. The lowest BCUT2D eigenvalue weighted by atomic mass is 10.0. The van der Waals surface area contributed by atoms with Crippen LogP contribution in [0.2, 0.25) is 0 Å². The number of piperidine rings is 1. The minimum Gasteiger partial charge on any atom is -0.348 e. The highest BCUT2D eigenvalue weighted by Crippen LogP contribution is 2.31. The lowest BCUT2D eigenvalue weighted by molar-refractivity contribution is 0.0921. The summed E-state index contributed by atoms with van der Waals surface area (Å²) in [5, 5.41) is 14.5. The molecular formula is C14H17ClN4O. The van der Waals surface area contributed by atoms with Crippen molar-refractivity contribution in [2.45, 2.75) is 24.9 Å². The first-order chi connectivity index (χ1) is 9.31. The van der Waals surface area contributed by atoms with Gasteiger partial charge in [0.15, 0.2) is 5.69 Å². The van der Waals surface area contributed by atoms with Crippen LogP contribution in [-0.4, -0.2) is 34.7 Å². The molecule has 3 atom stereocenters. The van der Waals surface area contributed by atoms with E-state index in [0.717, 1.165) is 23.9 Å². The van der Waals surface area contributed by atoms with E-state index in [-0.39, 0.29) is 18.3 Å². The molecule has 2 aliphatic rings. The summed E-state index contributed by atoms with van der Waals surface area (Å²) in [5.41, 5.74) is 1.41. The van der Waals surface area contributed by atoms with E-state index in [0.29, 0.717) is 23.7 Å². The number of carbonyl (C=O) groups is 1. The van der Waals surface area contributed by atoms with Crippen LogP contribution >= 0.6 is 12.4 Å². The molecule has 2 fully saturated rings. The normalized spacial score (nSPS) is 27.5. The Morgan fingerprint density at radius 2 is 2.15 bits per heavy atom. The van der Waals surface area contributed by atoms with Crippen molar-refractivity contribution in [3.05, 3.63) is 30.0 Å². The maximum absolute atomic E-state index is 12.3. The van der Waals surface area contributed by atoms with Gasteiger partial charge >= 0.3 is 0 Å². The number of benzene rings is 1. The summed E-state index contributed by atoms with van der Waals surface area (Å²) < 4.78 is 0. The topological polar surface area (TPSA) is 69.8 Å². The highest BCUT2D eigenvalue weighted by Gasteiger charge is 2.40. The fourth-order valence-electron chi connectivity index (χ4n) is 3.39. The van der Waals surface area contributed by atoms with Gasteiger partial charge in [0.2, 0.25) is 0 Å². The minimum atomic E-state index is -0.0602. The first-order valence-electron chi connectivity index (χ1n) is 6.78. The number of nitrogens with zero attached hydrogens (tertiary/aromatic N) is 1. The third kappa shape index (κ3) is 2.07. The maximum atomic E-state index is 12.3. The van der Waals surface area contributed by atoms with E-state index in [4.69, 9.17) is 0 Å². The molecule has 1 amide bonds. The molecule has 2 heterocycles. The Hall–Kier alpha value is -1.59. The van der Waals surface area contributed by atoms with Crippen LogP contribution in [0.4, 0.5) is 0 Å². The fourth-order valence-corrected chi connectivity index (χ4v) is 3.39. The number of nitrogens with one attached hydrogen (secondary N) is 3. The Balaban J connectivity index is 0.00000121. The summed E-state index contributed by atoms with van der Waals surface area (Å²) in [6.07, 6.45) is 2.23. The van der Waals surface area contributed by atoms with Crippen LogP contribution in [0.3, 0.4) is 0 Å². The van der Waals surface area contributed by atoms with Crippen LogP contribution < -0.4 is 10.6 Å². The summed E-state index contributed by atoms with van der Waals surface area (Å²) in [5.74, 6) is 0.522. The molecule has 2 aromatic rings. The molecule has 2 bridgehead atoms. The van der Waals surface area contributed by atoms with E-state index >= 15 is 0 Å². The first kappa shape index (κ1) is 13.4. The summed E-state index contributed by atoms with van der Waals surface area (Å²) in [7, 11) is 0. The molecule has 3 unspecified atom stereocenters. The molecule has 1 saturated carbocycles. The van der Waals surface area contributed by atoms with E-state index < -0.39 is 0 Å². The average Bonchev–Trinajstić information content (AvgIpc) is 3.13.